The van der Waals surface area contributed by atoms with Crippen LogP contribution in [0.4, 0.5) is 24.5 Å². The Morgan fingerprint density at radius 1 is 1.18 bits per heavy atom. The van der Waals surface area contributed by atoms with E-state index < -0.39 is 47.9 Å². The van der Waals surface area contributed by atoms with Gasteiger partial charge in [-0.1, -0.05) is 38.0 Å². The van der Waals surface area contributed by atoms with Crippen LogP contribution >= 0.6 is 0 Å². The molecule has 1 heterocycles. The van der Waals surface area contributed by atoms with Gasteiger partial charge in [0.2, 0.25) is 10.0 Å². The molecule has 0 amide bonds. The molecule has 34 heavy (non-hydrogen) atoms. The predicted octanol–water partition coefficient (Wildman–Crippen LogP) is 4.06. The van der Waals surface area contributed by atoms with Crippen molar-refractivity contribution in [3.63, 3.8) is 0 Å². The number of carbonyl (C=O) groups is 1. The molecule has 0 radical (unpaired) electrons. The minimum Gasteiger partial charge on any atom is -0.375 e. The minimum absolute atomic E-state index is 0.0240. The van der Waals surface area contributed by atoms with Gasteiger partial charge in [-0.25, -0.2) is 8.42 Å². The monoisotopic (exact) mass is 520 g/mol. The van der Waals surface area contributed by atoms with Crippen molar-refractivity contribution in [1.29, 1.82) is 0 Å². The highest BCUT2D eigenvalue weighted by Crippen LogP contribution is 2.41. The number of para-hydroxylation sites is 1. The molecule has 1 aliphatic rings. The van der Waals surface area contributed by atoms with E-state index in [9.17, 15) is 34.8 Å². The highest BCUT2D eigenvalue weighted by Gasteiger charge is 2.49. The molecule has 2 aromatic rings. The van der Waals surface area contributed by atoms with Crippen LogP contribution in [0.15, 0.2) is 47.4 Å². The Kier molecular flexibility index (Phi) is 7.29. The Balaban J connectivity index is 2.27. The van der Waals surface area contributed by atoms with Gasteiger partial charge in [-0.05, 0) is 24.6 Å². The first-order chi connectivity index (χ1) is 15.8. The van der Waals surface area contributed by atoms with Gasteiger partial charge in [-0.15, -0.1) is 0 Å². The second-order valence-electron chi connectivity index (χ2n) is 7.72. The lowest BCUT2D eigenvalue weighted by molar-refractivity contribution is -0.0500. The molecule has 1 atom stereocenters. The van der Waals surface area contributed by atoms with Crippen molar-refractivity contribution in [1.82, 2.24) is 4.31 Å². The quantitative estimate of drug-likeness (QED) is 0.308. The highest BCUT2D eigenvalue weighted by molar-refractivity contribution is 7.89. The largest absolute Gasteiger partial charge is 0.534 e. The molecule has 0 bridgehead atoms. The number of fused-ring (bicyclic) bond motifs is 1. The summed E-state index contributed by atoms with van der Waals surface area (Å²) in [5.41, 5.74) is -5.70. The number of nitrogens with zero attached hydrogens (tertiary/aromatic N) is 2. The van der Waals surface area contributed by atoms with Crippen LogP contribution in [0.25, 0.3) is 0 Å². The van der Waals surface area contributed by atoms with E-state index in [4.69, 9.17) is 0 Å². The summed E-state index contributed by atoms with van der Waals surface area (Å²) in [7, 11) is -9.08. The topological polar surface area (TPSA) is 101 Å². The number of sulfonamides is 1. The molecule has 0 spiro atoms. The van der Waals surface area contributed by atoms with E-state index in [1.807, 2.05) is 6.92 Å². The molecule has 186 valence electrons. The zero-order valence-corrected chi connectivity index (χ0v) is 20.0. The number of benzene rings is 2. The first-order valence-electron chi connectivity index (χ1n) is 10.3. The molecule has 0 saturated carbocycles. The zero-order valence-electron chi connectivity index (χ0n) is 18.3. The fourth-order valence-corrected chi connectivity index (χ4v) is 5.69. The number of hydrogen-bond acceptors (Lipinski definition) is 7. The second-order valence-corrected chi connectivity index (χ2v) is 11.2. The average Bonchev–Trinajstić information content (AvgIpc) is 2.85. The summed E-state index contributed by atoms with van der Waals surface area (Å²) in [6, 6.07) is 9.85. The summed E-state index contributed by atoms with van der Waals surface area (Å²) in [4.78, 5) is 12.8. The molecule has 8 nitrogen and oxygen atoms in total. The maximum absolute atomic E-state index is 13.5. The van der Waals surface area contributed by atoms with Crippen molar-refractivity contribution in [2.45, 2.75) is 42.6 Å². The van der Waals surface area contributed by atoms with Crippen molar-refractivity contribution in [2.75, 3.05) is 18.5 Å². The van der Waals surface area contributed by atoms with Crippen LogP contribution in [0, 0.1) is 0 Å². The summed E-state index contributed by atoms with van der Waals surface area (Å²) in [6.07, 6.45) is 2.16. The van der Waals surface area contributed by atoms with Gasteiger partial charge in [0.05, 0.1) is 11.3 Å². The lowest BCUT2D eigenvalue weighted by atomic mass is 10.1. The molecule has 0 fully saturated rings. The van der Waals surface area contributed by atoms with Crippen molar-refractivity contribution in [3.8, 4) is 5.75 Å². The van der Waals surface area contributed by atoms with Crippen LogP contribution < -0.4 is 9.08 Å². The van der Waals surface area contributed by atoms with E-state index in [0.29, 0.717) is 18.2 Å². The molecule has 2 aromatic carbocycles. The fraction of sp³-hybridized carbons (Fsp3) is 0.381. The lowest BCUT2D eigenvalue weighted by Gasteiger charge is -2.29. The number of aldehydes is 1. The van der Waals surface area contributed by atoms with Gasteiger partial charge in [0, 0.05) is 31.4 Å². The summed E-state index contributed by atoms with van der Waals surface area (Å²) >= 11 is 0. The summed E-state index contributed by atoms with van der Waals surface area (Å²) in [5.74, 6) is -1.02. The highest BCUT2D eigenvalue weighted by atomic mass is 32.2. The normalized spacial score (nSPS) is 18.7. The predicted molar refractivity (Wildman–Crippen MR) is 119 cm³/mol. The van der Waals surface area contributed by atoms with Gasteiger partial charge in [0.25, 0.3) is 0 Å². The number of rotatable bonds is 7. The van der Waals surface area contributed by atoms with Gasteiger partial charge in [-0.3, -0.25) is 4.79 Å². The Hall–Kier alpha value is -2.64. The van der Waals surface area contributed by atoms with Crippen molar-refractivity contribution < 1.29 is 39.0 Å². The fourth-order valence-electron chi connectivity index (χ4n) is 3.65. The van der Waals surface area contributed by atoms with Crippen LogP contribution in [0.1, 0.15) is 36.5 Å². The maximum Gasteiger partial charge on any atom is 0.534 e. The number of anilines is 2. The van der Waals surface area contributed by atoms with E-state index in [1.165, 1.54) is 7.05 Å². The maximum atomic E-state index is 13.5. The number of carbonyl (C=O) groups excluding carboxylic acids is 1. The van der Waals surface area contributed by atoms with Gasteiger partial charge in [-0.2, -0.15) is 25.9 Å². The van der Waals surface area contributed by atoms with E-state index in [-0.39, 0.29) is 18.5 Å². The van der Waals surface area contributed by atoms with Crippen molar-refractivity contribution in [3.05, 3.63) is 48.0 Å². The molecule has 1 aliphatic heterocycles. The van der Waals surface area contributed by atoms with Gasteiger partial charge < -0.3 is 9.08 Å². The van der Waals surface area contributed by atoms with Crippen molar-refractivity contribution in [2.24, 2.45) is 0 Å². The molecular formula is C21H23F3N2O6S2. The van der Waals surface area contributed by atoms with Gasteiger partial charge in [0.1, 0.15) is 4.90 Å². The van der Waals surface area contributed by atoms with Crippen LogP contribution in [0.5, 0.6) is 5.75 Å². The molecule has 0 saturated heterocycles. The van der Waals surface area contributed by atoms with E-state index >= 15 is 0 Å². The number of hydrogen-bond donors (Lipinski definition) is 0. The van der Waals surface area contributed by atoms with Crippen LogP contribution in [-0.2, 0) is 20.1 Å². The first-order valence-corrected chi connectivity index (χ1v) is 13.1. The molecule has 3 rings (SSSR count). The second kappa shape index (κ2) is 9.55. The van der Waals surface area contributed by atoms with Crippen LogP contribution in [-0.4, -0.2) is 52.6 Å². The third-order valence-corrected chi connectivity index (χ3v) is 8.42. The summed E-state index contributed by atoms with van der Waals surface area (Å²) in [5, 5.41) is 0. The van der Waals surface area contributed by atoms with E-state index in [0.717, 1.165) is 23.2 Å². The number of halogens is 3. The molecule has 0 aliphatic carbocycles. The molecule has 0 aromatic heterocycles. The van der Waals surface area contributed by atoms with Crippen LogP contribution in [0.3, 0.4) is 0 Å². The smallest absolute Gasteiger partial charge is 0.375 e. The Bertz CT molecular complexity index is 1270. The minimum atomic E-state index is -6.14. The molecular weight excluding hydrogens is 497 g/mol. The molecule has 0 N–H and O–H groups in total. The van der Waals surface area contributed by atoms with Gasteiger partial charge in [0.15, 0.2) is 12.0 Å². The number of unbranched alkanes of at least 4 members (excludes halogenated alkanes) is 1. The van der Waals surface area contributed by atoms with Crippen molar-refractivity contribution >= 4 is 37.8 Å². The number of alkyl halides is 3. The standard InChI is InChI=1S/C21H23F3N2O6S2/c1-3-4-8-17-13-26(16-9-6-5-7-10-16)18-11-15(14-27)19(32-34(30,31)21(22,23)24)12-20(18)33(28,29)25(17)2/h5-7,9-12,14,17H,3-4,8,13H2,1-2H3/t17-/m1/s1. The third kappa shape index (κ3) is 4.91. The summed E-state index contributed by atoms with van der Waals surface area (Å²) in [6.45, 7) is 2.15. The average molecular weight is 521 g/mol. The molecule has 13 heteroatoms. The first kappa shape index (κ1) is 26.0. The van der Waals surface area contributed by atoms with Gasteiger partial charge >= 0.3 is 15.6 Å². The lowest BCUT2D eigenvalue weighted by Crippen LogP contribution is -2.40. The van der Waals surface area contributed by atoms with E-state index in [2.05, 4.69) is 4.18 Å². The van der Waals surface area contributed by atoms with E-state index in [1.54, 1.807) is 35.2 Å². The summed E-state index contributed by atoms with van der Waals surface area (Å²) < 4.78 is 94.1. The zero-order chi connectivity index (χ0) is 25.3. The molecule has 0 unspecified atom stereocenters. The Labute approximate surface area is 196 Å². The Morgan fingerprint density at radius 2 is 1.82 bits per heavy atom. The number of likely N-dealkylation sites (N-methyl/N-ethyl adjacent to an activating group) is 1. The third-order valence-electron chi connectivity index (χ3n) is 5.52. The SMILES string of the molecule is CCCC[C@@H]1CN(c2ccccc2)c2cc(C=O)c(OS(=O)(=O)C(F)(F)F)cc2S(=O)(=O)N1C. The Morgan fingerprint density at radius 3 is 2.38 bits per heavy atom. The van der Waals surface area contributed by atoms with Crippen LogP contribution in [0.2, 0.25) is 0 Å².